The second-order valence-corrected chi connectivity index (χ2v) is 7.09. The summed E-state index contributed by atoms with van der Waals surface area (Å²) in [6.07, 6.45) is 2.28. The number of imidazole rings is 1. The van der Waals surface area contributed by atoms with E-state index >= 15 is 0 Å². The maximum atomic E-state index is 8.49. The summed E-state index contributed by atoms with van der Waals surface area (Å²) in [6, 6.07) is 17.2. The second kappa shape index (κ2) is 6.22. The molecule has 0 unspecified atom stereocenters. The van der Waals surface area contributed by atoms with Crippen molar-refractivity contribution in [2.45, 2.75) is 6.67 Å². The zero-order valence-electron chi connectivity index (χ0n) is 14.7. The van der Waals surface area contributed by atoms with E-state index in [9.17, 15) is 0 Å². The summed E-state index contributed by atoms with van der Waals surface area (Å²) in [5.74, 6) is 2.49. The van der Waals surface area contributed by atoms with Gasteiger partial charge in [-0.2, -0.15) is 0 Å². The molecule has 0 spiro atoms. The summed E-state index contributed by atoms with van der Waals surface area (Å²) in [7, 11) is -0.661. The summed E-state index contributed by atoms with van der Waals surface area (Å²) in [5, 5.41) is 0. The molecule has 0 saturated carbocycles. The van der Waals surface area contributed by atoms with Crippen LogP contribution in [0.4, 0.5) is 11.4 Å². The molecule has 5 rings (SSSR count). The van der Waals surface area contributed by atoms with Crippen LogP contribution in [0.15, 0.2) is 54.4 Å². The fourth-order valence-electron chi connectivity index (χ4n) is 3.71. The van der Waals surface area contributed by atoms with Crippen LogP contribution in [0.3, 0.4) is 0 Å². The summed E-state index contributed by atoms with van der Waals surface area (Å²) in [6.45, 7) is 0.851. The quantitative estimate of drug-likeness (QED) is 0.410. The molecule has 0 atom stereocenters. The zero-order valence-corrected chi connectivity index (χ0v) is 15.5. The van der Waals surface area contributed by atoms with E-state index in [2.05, 4.69) is 87.6 Å². The lowest BCUT2D eigenvalue weighted by molar-refractivity contribution is -2.00. The zero-order chi connectivity index (χ0) is 19.3. The summed E-state index contributed by atoms with van der Waals surface area (Å²) in [5.41, 5.74) is 5.10. The van der Waals surface area contributed by atoms with Crippen LogP contribution in [0.2, 0.25) is 0 Å². The van der Waals surface area contributed by atoms with Crippen LogP contribution in [-0.4, -0.2) is 11.6 Å². The molecule has 0 amide bonds. The van der Waals surface area contributed by atoms with Gasteiger partial charge < -0.3 is 4.90 Å². The minimum atomic E-state index is -4.94. The lowest BCUT2D eigenvalue weighted by Crippen LogP contribution is -2.68. The third-order valence-corrected chi connectivity index (χ3v) is 4.85. The van der Waals surface area contributed by atoms with E-state index in [-0.39, 0.29) is 0 Å². The highest BCUT2D eigenvalue weighted by Gasteiger charge is 2.36. The van der Waals surface area contributed by atoms with Crippen molar-refractivity contribution >= 4 is 28.5 Å². The normalized spacial score (nSPS) is 15.0. The number of benzene rings is 2. The highest BCUT2D eigenvalue weighted by atomic mass is 35.7. The number of rotatable bonds is 0. The minimum absolute atomic E-state index is 0.851. The van der Waals surface area contributed by atoms with E-state index in [4.69, 9.17) is 18.6 Å². The molecule has 27 heavy (non-hydrogen) atoms. The van der Waals surface area contributed by atoms with E-state index < -0.39 is 10.2 Å². The van der Waals surface area contributed by atoms with Crippen LogP contribution >= 0.6 is 0 Å². The number of aryl methyl sites for hydroxylation is 1. The van der Waals surface area contributed by atoms with Gasteiger partial charge in [-0.25, -0.2) is 27.8 Å². The van der Waals surface area contributed by atoms with Gasteiger partial charge in [-0.05, 0) is 24.3 Å². The molecule has 1 aromatic heterocycles. The van der Waals surface area contributed by atoms with Gasteiger partial charge in [0.25, 0.3) is 5.82 Å². The average molecular weight is 389 g/mol. The molecule has 3 aromatic rings. The van der Waals surface area contributed by atoms with E-state index in [1.165, 1.54) is 34.1 Å². The van der Waals surface area contributed by atoms with Gasteiger partial charge in [0.1, 0.15) is 5.82 Å². The van der Waals surface area contributed by atoms with Crippen molar-refractivity contribution in [2.75, 3.05) is 16.8 Å². The van der Waals surface area contributed by atoms with Crippen molar-refractivity contribution in [3.8, 4) is 0 Å². The van der Waals surface area contributed by atoms with Crippen LogP contribution in [0, 0.1) is 10.2 Å². The Morgan fingerprint density at radius 2 is 1.52 bits per heavy atom. The lowest BCUT2D eigenvalue weighted by atomic mass is 10.2. The minimum Gasteiger partial charge on any atom is -0.329 e. The van der Waals surface area contributed by atoms with Crippen LogP contribution in [0.25, 0.3) is 17.1 Å². The Morgan fingerprint density at radius 3 is 2.22 bits per heavy atom. The number of halogens is 1. The van der Waals surface area contributed by atoms with Crippen LogP contribution in [0.5, 0.6) is 0 Å². The third-order valence-electron chi connectivity index (χ3n) is 4.85. The molecular weight excluding hydrogens is 372 g/mol. The van der Waals surface area contributed by atoms with Gasteiger partial charge in [0, 0.05) is 7.05 Å². The molecule has 8 nitrogen and oxygen atoms in total. The van der Waals surface area contributed by atoms with Crippen LogP contribution in [0.1, 0.15) is 5.82 Å². The SMILES string of the molecule is CN1C2=Cc3n(c4ccccc4[n+]3C)CN2c2ccccc21.[O-][Cl+3]([O-])([O-])[O-]. The predicted octanol–water partition coefficient (Wildman–Crippen LogP) is -2.06. The number of nitrogens with zero attached hydrogens (tertiary/aromatic N) is 4. The molecule has 2 aromatic carbocycles. The van der Waals surface area contributed by atoms with Gasteiger partial charge in [0.05, 0.1) is 24.5 Å². The molecule has 3 heterocycles. The highest BCUT2D eigenvalue weighted by Crippen LogP contribution is 2.43. The van der Waals surface area contributed by atoms with Crippen molar-refractivity contribution in [1.29, 1.82) is 0 Å². The molecule has 9 heteroatoms. The van der Waals surface area contributed by atoms with Gasteiger partial charge >= 0.3 is 0 Å². The van der Waals surface area contributed by atoms with Crippen molar-refractivity contribution in [2.24, 2.45) is 7.05 Å². The fraction of sp³-hybridized carbons (Fsp3) is 0.167. The van der Waals surface area contributed by atoms with E-state index in [0.717, 1.165) is 6.67 Å². The maximum absolute atomic E-state index is 8.49. The van der Waals surface area contributed by atoms with Crippen LogP contribution < -0.4 is 33.0 Å². The Bertz CT molecular complexity index is 1050. The van der Waals surface area contributed by atoms with Crippen molar-refractivity contribution in [3.63, 3.8) is 0 Å². The topological polar surface area (TPSA) is 108 Å². The number of anilines is 2. The molecule has 2 aliphatic heterocycles. The number of para-hydroxylation sites is 4. The standard InChI is InChI=1S/C18H17N4.ClHO4/c1-19-13-7-3-5-9-15(13)21-12-22-16-10-6-4-8-14(16)20(2)18(22)11-17(19)21;2-1(3,4)5/h3-11H,12H2,1-2H3;(H,2,3,4,5)/q+1;/p-1. The first-order valence-corrected chi connectivity index (χ1v) is 9.40. The Balaban J connectivity index is 0.000000323. The Morgan fingerprint density at radius 1 is 0.926 bits per heavy atom. The summed E-state index contributed by atoms with van der Waals surface area (Å²) < 4.78 is 38.6. The number of hydrogen-bond donors (Lipinski definition) is 0. The number of aromatic nitrogens is 2. The molecule has 0 radical (unpaired) electrons. The van der Waals surface area contributed by atoms with Gasteiger partial charge in [-0.1, -0.05) is 24.3 Å². The largest absolute Gasteiger partial charge is 0.329 e. The van der Waals surface area contributed by atoms with Gasteiger partial charge in [0.15, 0.2) is 17.7 Å². The van der Waals surface area contributed by atoms with Gasteiger partial charge in [-0.15, -0.1) is 10.2 Å². The second-order valence-electron chi connectivity index (χ2n) is 6.33. The Labute approximate surface area is 157 Å². The molecule has 0 aliphatic carbocycles. The molecule has 0 N–H and O–H groups in total. The smallest absolute Gasteiger partial charge is 0.287 e. The highest BCUT2D eigenvalue weighted by molar-refractivity contribution is 5.86. The molecule has 2 aliphatic rings. The van der Waals surface area contributed by atoms with E-state index in [1.807, 2.05) is 0 Å². The van der Waals surface area contributed by atoms with Crippen LogP contribution in [-0.2, 0) is 13.7 Å². The first-order chi connectivity index (χ1) is 12.8. The molecular formula is C18H17ClN4O4. The fourth-order valence-corrected chi connectivity index (χ4v) is 3.71. The molecule has 0 saturated heterocycles. The Kier molecular flexibility index (Phi) is 4.10. The monoisotopic (exact) mass is 388 g/mol. The van der Waals surface area contributed by atoms with E-state index in [0.29, 0.717) is 0 Å². The van der Waals surface area contributed by atoms with Crippen molar-refractivity contribution in [3.05, 3.63) is 60.2 Å². The van der Waals surface area contributed by atoms with E-state index in [1.54, 1.807) is 0 Å². The lowest BCUT2D eigenvalue weighted by Gasteiger charge is -2.24. The number of fused-ring (bicyclic) bond motifs is 6. The maximum Gasteiger partial charge on any atom is 0.287 e. The molecule has 140 valence electrons. The predicted molar refractivity (Wildman–Crippen MR) is 88.4 cm³/mol. The summed E-state index contributed by atoms with van der Waals surface area (Å²) in [4.78, 5) is 4.66. The van der Waals surface area contributed by atoms with Gasteiger partial charge in [-0.3, -0.25) is 4.90 Å². The summed E-state index contributed by atoms with van der Waals surface area (Å²) >= 11 is 0. The van der Waals surface area contributed by atoms with Crippen molar-refractivity contribution < 1.29 is 33.4 Å². The molecule has 0 bridgehead atoms. The van der Waals surface area contributed by atoms with Gasteiger partial charge in [0.2, 0.25) is 0 Å². The number of hydrogen-bond acceptors (Lipinski definition) is 6. The Hall–Kier alpha value is -2.62. The molecule has 0 fully saturated rings. The first kappa shape index (κ1) is 17.8. The van der Waals surface area contributed by atoms with Crippen molar-refractivity contribution in [1.82, 2.24) is 4.57 Å². The first-order valence-electron chi connectivity index (χ1n) is 8.17. The average Bonchev–Trinajstić information content (AvgIpc) is 3.06. The third kappa shape index (κ3) is 3.03.